The summed E-state index contributed by atoms with van der Waals surface area (Å²) in [5.74, 6) is -2.49. The summed E-state index contributed by atoms with van der Waals surface area (Å²) in [6.45, 7) is 1.13. The van der Waals surface area contributed by atoms with Gasteiger partial charge in [-0.05, 0) is 34.5 Å². The van der Waals surface area contributed by atoms with Crippen molar-refractivity contribution in [3.8, 4) is 0 Å². The summed E-state index contributed by atoms with van der Waals surface area (Å²) in [7, 11) is 0. The summed E-state index contributed by atoms with van der Waals surface area (Å²) in [6.07, 6.45) is 0.511. The van der Waals surface area contributed by atoms with Gasteiger partial charge in [0.15, 0.2) is 0 Å². The fraction of sp³-hybridized carbons (Fsp3) is 0.500. The molecule has 1 aliphatic heterocycles. The van der Waals surface area contributed by atoms with Crippen LogP contribution in [-0.2, 0) is 0 Å². The van der Waals surface area contributed by atoms with Crippen LogP contribution in [0.4, 0.5) is 14.5 Å². The van der Waals surface area contributed by atoms with Crippen molar-refractivity contribution in [1.29, 1.82) is 0 Å². The van der Waals surface area contributed by atoms with Crippen LogP contribution in [0, 0.1) is 0 Å². The number of hydrogen-bond acceptors (Lipinski definition) is 1. The average molecular weight is 290 g/mol. The summed E-state index contributed by atoms with van der Waals surface area (Å²) in [4.78, 5) is 2.03. The van der Waals surface area contributed by atoms with E-state index in [1.807, 2.05) is 29.2 Å². The molecule has 0 radical (unpaired) electrons. The zero-order valence-electron chi connectivity index (χ0n) is 8.93. The highest BCUT2D eigenvalue weighted by atomic mass is 79.9. The molecule has 1 aromatic rings. The molecule has 1 nitrogen and oxygen atoms in total. The molecule has 1 aromatic carbocycles. The van der Waals surface area contributed by atoms with Crippen molar-refractivity contribution >= 4 is 21.6 Å². The second-order valence-corrected chi connectivity index (χ2v) is 5.00. The Morgan fingerprint density at radius 3 is 2.62 bits per heavy atom. The second-order valence-electron chi connectivity index (χ2n) is 4.15. The molecule has 0 atom stereocenters. The van der Waals surface area contributed by atoms with Gasteiger partial charge in [-0.25, -0.2) is 8.78 Å². The first-order valence-electron chi connectivity index (χ1n) is 5.46. The van der Waals surface area contributed by atoms with Crippen LogP contribution in [0.25, 0.3) is 0 Å². The van der Waals surface area contributed by atoms with Crippen LogP contribution in [0.1, 0.15) is 19.3 Å². The Labute approximate surface area is 103 Å². The number of alkyl halides is 2. The molecule has 0 aromatic heterocycles. The zero-order valence-corrected chi connectivity index (χ0v) is 10.5. The van der Waals surface area contributed by atoms with Crippen molar-refractivity contribution in [2.45, 2.75) is 25.2 Å². The van der Waals surface area contributed by atoms with E-state index in [1.54, 1.807) is 0 Å². The summed E-state index contributed by atoms with van der Waals surface area (Å²) < 4.78 is 27.4. The van der Waals surface area contributed by atoms with Crippen LogP contribution in [0.15, 0.2) is 28.7 Å². The number of anilines is 1. The van der Waals surface area contributed by atoms with Gasteiger partial charge >= 0.3 is 0 Å². The number of halogens is 3. The number of rotatable bonds is 1. The third kappa shape index (κ3) is 2.73. The molecule has 1 fully saturated rings. The predicted molar refractivity (Wildman–Crippen MR) is 65.2 cm³/mol. The highest BCUT2D eigenvalue weighted by molar-refractivity contribution is 9.10. The summed E-state index contributed by atoms with van der Waals surface area (Å²) in [5, 5.41) is 0. The molecule has 88 valence electrons. The van der Waals surface area contributed by atoms with Crippen molar-refractivity contribution in [3.63, 3.8) is 0 Å². The van der Waals surface area contributed by atoms with Crippen molar-refractivity contribution < 1.29 is 8.78 Å². The molecular weight excluding hydrogens is 276 g/mol. The lowest BCUT2D eigenvalue weighted by atomic mass is 10.1. The van der Waals surface area contributed by atoms with Crippen LogP contribution in [0.3, 0.4) is 0 Å². The molecule has 4 heteroatoms. The largest absolute Gasteiger partial charge is 0.370 e. The first-order chi connectivity index (χ1) is 7.58. The van der Waals surface area contributed by atoms with Gasteiger partial charge in [0.05, 0.1) is 5.69 Å². The molecular formula is C12H14BrF2N. The molecule has 1 aliphatic rings. The maximum absolute atomic E-state index is 13.2. The van der Waals surface area contributed by atoms with E-state index in [4.69, 9.17) is 0 Å². The third-order valence-electron chi connectivity index (χ3n) is 2.91. The topological polar surface area (TPSA) is 3.24 Å². The molecule has 0 saturated carbocycles. The van der Waals surface area contributed by atoms with Crippen molar-refractivity contribution in [2.75, 3.05) is 18.0 Å². The van der Waals surface area contributed by atoms with Gasteiger partial charge in [0, 0.05) is 30.4 Å². The molecule has 16 heavy (non-hydrogen) atoms. The number of hydrogen-bond donors (Lipinski definition) is 0. The van der Waals surface area contributed by atoms with Gasteiger partial charge < -0.3 is 4.90 Å². The average Bonchev–Trinajstić information content (AvgIpc) is 2.40. The Bertz CT molecular complexity index is 368. The van der Waals surface area contributed by atoms with Gasteiger partial charge in [0.25, 0.3) is 0 Å². The van der Waals surface area contributed by atoms with E-state index in [9.17, 15) is 8.78 Å². The normalized spacial score (nSPS) is 20.6. The third-order valence-corrected chi connectivity index (χ3v) is 3.58. The molecule has 0 amide bonds. The first kappa shape index (κ1) is 11.8. The number of benzene rings is 1. The number of para-hydroxylation sites is 1. The van der Waals surface area contributed by atoms with Gasteiger partial charge in [-0.3, -0.25) is 0 Å². The SMILES string of the molecule is FC1(F)CCCN(c2ccccc2Br)CC1. The van der Waals surface area contributed by atoms with Gasteiger partial charge in [-0.15, -0.1) is 0 Å². The van der Waals surface area contributed by atoms with Crippen LogP contribution in [-0.4, -0.2) is 19.0 Å². The van der Waals surface area contributed by atoms with Crippen molar-refractivity contribution in [2.24, 2.45) is 0 Å². The van der Waals surface area contributed by atoms with Gasteiger partial charge in [0.2, 0.25) is 5.92 Å². The van der Waals surface area contributed by atoms with E-state index in [0.29, 0.717) is 19.5 Å². The lowest BCUT2D eigenvalue weighted by Gasteiger charge is -2.23. The van der Waals surface area contributed by atoms with Crippen LogP contribution >= 0.6 is 15.9 Å². The van der Waals surface area contributed by atoms with E-state index < -0.39 is 5.92 Å². The van der Waals surface area contributed by atoms with Crippen LogP contribution in [0.2, 0.25) is 0 Å². The van der Waals surface area contributed by atoms with Crippen molar-refractivity contribution in [3.05, 3.63) is 28.7 Å². The Hall–Kier alpha value is -0.640. The maximum Gasteiger partial charge on any atom is 0.249 e. The van der Waals surface area contributed by atoms with E-state index in [2.05, 4.69) is 15.9 Å². The number of nitrogens with zero attached hydrogens (tertiary/aromatic N) is 1. The lowest BCUT2D eigenvalue weighted by molar-refractivity contribution is -0.0102. The first-order valence-corrected chi connectivity index (χ1v) is 6.25. The molecule has 0 aliphatic carbocycles. The minimum atomic E-state index is -2.49. The maximum atomic E-state index is 13.2. The Balaban J connectivity index is 2.14. The standard InChI is InChI=1S/C12H14BrF2N/c13-10-4-1-2-5-11(10)16-8-3-6-12(14,15)7-9-16/h1-2,4-5H,3,6-9H2. The smallest absolute Gasteiger partial charge is 0.249 e. The Kier molecular flexibility index (Phi) is 3.47. The fourth-order valence-corrected chi connectivity index (χ4v) is 2.55. The highest BCUT2D eigenvalue weighted by Gasteiger charge is 2.31. The lowest BCUT2D eigenvalue weighted by Crippen LogP contribution is -2.25. The highest BCUT2D eigenvalue weighted by Crippen LogP contribution is 2.32. The molecule has 2 rings (SSSR count). The summed E-state index contributed by atoms with van der Waals surface area (Å²) >= 11 is 3.46. The Morgan fingerprint density at radius 1 is 1.12 bits per heavy atom. The van der Waals surface area contributed by atoms with E-state index in [0.717, 1.165) is 10.2 Å². The van der Waals surface area contributed by atoms with Crippen LogP contribution in [0.5, 0.6) is 0 Å². The zero-order chi connectivity index (χ0) is 11.6. The van der Waals surface area contributed by atoms with Gasteiger partial charge in [-0.1, -0.05) is 12.1 Å². The minimum absolute atomic E-state index is 0.00789. The molecule has 1 heterocycles. The van der Waals surface area contributed by atoms with Gasteiger partial charge in [0.1, 0.15) is 0 Å². The predicted octanol–water partition coefficient (Wildman–Crippen LogP) is 4.07. The summed E-state index contributed by atoms with van der Waals surface area (Å²) in [6, 6.07) is 7.77. The molecule has 0 spiro atoms. The summed E-state index contributed by atoms with van der Waals surface area (Å²) in [5.41, 5.74) is 1.01. The minimum Gasteiger partial charge on any atom is -0.370 e. The van der Waals surface area contributed by atoms with Crippen LogP contribution < -0.4 is 4.90 Å². The quantitative estimate of drug-likeness (QED) is 0.753. The molecule has 1 saturated heterocycles. The monoisotopic (exact) mass is 289 g/mol. The molecule has 0 N–H and O–H groups in total. The molecule has 0 unspecified atom stereocenters. The molecule has 0 bridgehead atoms. The van der Waals surface area contributed by atoms with E-state index in [-0.39, 0.29) is 12.8 Å². The van der Waals surface area contributed by atoms with Crippen molar-refractivity contribution in [1.82, 2.24) is 0 Å². The van der Waals surface area contributed by atoms with E-state index in [1.165, 1.54) is 0 Å². The van der Waals surface area contributed by atoms with Gasteiger partial charge in [-0.2, -0.15) is 0 Å². The van der Waals surface area contributed by atoms with E-state index >= 15 is 0 Å². The fourth-order valence-electron chi connectivity index (χ4n) is 2.01. The second kappa shape index (κ2) is 4.70. The Morgan fingerprint density at radius 2 is 1.88 bits per heavy atom.